The van der Waals surface area contributed by atoms with Gasteiger partial charge in [-0.3, -0.25) is 4.79 Å². The van der Waals surface area contributed by atoms with Gasteiger partial charge in [-0.2, -0.15) is 4.68 Å². The molecule has 0 bridgehead atoms. The van der Waals surface area contributed by atoms with Crippen molar-refractivity contribution < 1.29 is 9.53 Å². The van der Waals surface area contributed by atoms with Gasteiger partial charge in [0.2, 0.25) is 11.1 Å². The van der Waals surface area contributed by atoms with Crippen LogP contribution in [0.1, 0.15) is 0 Å². The molecule has 1 amide bonds. The smallest absolute Gasteiger partial charge is 0.234 e. The molecule has 1 saturated heterocycles. The molecule has 4 rings (SSSR count). The summed E-state index contributed by atoms with van der Waals surface area (Å²) >= 11 is 7.69. The van der Waals surface area contributed by atoms with Crippen LogP contribution in [-0.2, 0) is 9.53 Å². The van der Waals surface area contributed by atoms with E-state index in [1.54, 1.807) is 4.68 Å². The number of morpholine rings is 1. The van der Waals surface area contributed by atoms with Gasteiger partial charge in [0.25, 0.3) is 0 Å². The number of halogens is 1. The molecule has 29 heavy (non-hydrogen) atoms. The van der Waals surface area contributed by atoms with Crippen molar-refractivity contribution in [3.8, 4) is 5.69 Å². The van der Waals surface area contributed by atoms with Gasteiger partial charge in [-0.15, -0.1) is 5.10 Å². The monoisotopic (exact) mass is 430 g/mol. The number of hydrogen-bond acceptors (Lipinski definition) is 7. The fraction of sp³-hybridized carbons (Fsp3) is 0.263. The first-order valence-electron chi connectivity index (χ1n) is 9.10. The molecule has 1 aliphatic rings. The molecule has 1 N–H and O–H groups in total. The number of carbonyl (C=O) groups excluding carboxylic acids is 1. The molecule has 0 spiro atoms. The second-order valence-electron chi connectivity index (χ2n) is 6.28. The van der Waals surface area contributed by atoms with Crippen LogP contribution in [0.25, 0.3) is 5.69 Å². The number of anilines is 2. The zero-order chi connectivity index (χ0) is 20.1. The van der Waals surface area contributed by atoms with Crippen LogP contribution in [0.4, 0.5) is 11.4 Å². The zero-order valence-corrected chi connectivity index (χ0v) is 17.1. The Bertz CT molecular complexity index is 978. The van der Waals surface area contributed by atoms with Gasteiger partial charge >= 0.3 is 0 Å². The van der Waals surface area contributed by atoms with E-state index in [0.29, 0.717) is 29.1 Å². The normalized spacial score (nSPS) is 14.0. The number of nitrogens with zero attached hydrogens (tertiary/aromatic N) is 5. The van der Waals surface area contributed by atoms with E-state index in [-0.39, 0.29) is 11.7 Å². The molecule has 10 heteroatoms. The van der Waals surface area contributed by atoms with E-state index < -0.39 is 0 Å². The Labute approximate surface area is 177 Å². The molecule has 1 aliphatic heterocycles. The van der Waals surface area contributed by atoms with Crippen molar-refractivity contribution in [2.45, 2.75) is 5.16 Å². The van der Waals surface area contributed by atoms with E-state index >= 15 is 0 Å². The van der Waals surface area contributed by atoms with Crippen LogP contribution in [0, 0.1) is 0 Å². The topological polar surface area (TPSA) is 85.2 Å². The number of ether oxygens (including phenoxy) is 1. The van der Waals surface area contributed by atoms with E-state index in [2.05, 4.69) is 25.7 Å². The lowest BCUT2D eigenvalue weighted by atomic mass is 10.2. The molecule has 1 aromatic heterocycles. The van der Waals surface area contributed by atoms with E-state index in [4.69, 9.17) is 16.3 Å². The van der Waals surface area contributed by atoms with Crippen molar-refractivity contribution in [1.29, 1.82) is 0 Å². The van der Waals surface area contributed by atoms with Crippen molar-refractivity contribution in [3.05, 3.63) is 53.6 Å². The average molecular weight is 431 g/mol. The maximum atomic E-state index is 12.6. The van der Waals surface area contributed by atoms with Gasteiger partial charge in [-0.05, 0) is 34.7 Å². The molecule has 0 saturated carbocycles. The van der Waals surface area contributed by atoms with Crippen LogP contribution in [0.5, 0.6) is 0 Å². The molecule has 2 heterocycles. The molecule has 0 unspecified atom stereocenters. The van der Waals surface area contributed by atoms with Crippen LogP contribution < -0.4 is 10.2 Å². The number of hydrogen-bond donors (Lipinski definition) is 1. The Kier molecular flexibility index (Phi) is 6.28. The lowest BCUT2D eigenvalue weighted by Crippen LogP contribution is -2.37. The second-order valence-corrected chi connectivity index (χ2v) is 7.63. The number of thioether (sulfide) groups is 1. The zero-order valence-electron chi connectivity index (χ0n) is 15.5. The van der Waals surface area contributed by atoms with Crippen LogP contribution in [0.2, 0.25) is 5.02 Å². The van der Waals surface area contributed by atoms with E-state index in [0.717, 1.165) is 24.5 Å². The summed E-state index contributed by atoms with van der Waals surface area (Å²) in [5.74, 6) is 0.0109. The number of para-hydroxylation sites is 2. The molecular formula is C19H19ClN6O2S. The van der Waals surface area contributed by atoms with E-state index in [9.17, 15) is 4.79 Å². The van der Waals surface area contributed by atoms with Crippen LogP contribution in [-0.4, -0.2) is 58.2 Å². The van der Waals surface area contributed by atoms with Gasteiger partial charge in [-0.1, -0.05) is 47.6 Å². The number of carbonyl (C=O) groups is 1. The Morgan fingerprint density at radius 2 is 1.93 bits per heavy atom. The van der Waals surface area contributed by atoms with Crippen molar-refractivity contribution in [2.24, 2.45) is 0 Å². The predicted octanol–water partition coefficient (Wildman–Crippen LogP) is 2.88. The van der Waals surface area contributed by atoms with Crippen LogP contribution in [0.15, 0.2) is 53.7 Å². The highest BCUT2D eigenvalue weighted by molar-refractivity contribution is 7.99. The molecule has 2 aromatic carbocycles. The van der Waals surface area contributed by atoms with Gasteiger partial charge in [0.05, 0.1) is 41.1 Å². The first-order chi connectivity index (χ1) is 14.2. The molecule has 150 valence electrons. The van der Waals surface area contributed by atoms with Gasteiger partial charge in [0, 0.05) is 13.1 Å². The Morgan fingerprint density at radius 1 is 1.14 bits per heavy atom. The highest BCUT2D eigenvalue weighted by Crippen LogP contribution is 2.34. The summed E-state index contributed by atoms with van der Waals surface area (Å²) in [5.41, 5.74) is 2.35. The fourth-order valence-electron chi connectivity index (χ4n) is 3.04. The molecule has 8 nitrogen and oxygen atoms in total. The molecule has 3 aromatic rings. The first kappa shape index (κ1) is 19.7. The third-order valence-electron chi connectivity index (χ3n) is 4.36. The summed E-state index contributed by atoms with van der Waals surface area (Å²) in [4.78, 5) is 14.7. The molecule has 0 atom stereocenters. The number of nitrogens with one attached hydrogen (secondary N) is 1. The Hall–Kier alpha value is -2.62. The number of aromatic nitrogens is 4. The maximum absolute atomic E-state index is 12.6. The Balaban J connectivity index is 1.44. The second kappa shape index (κ2) is 9.25. The number of amides is 1. The predicted molar refractivity (Wildman–Crippen MR) is 113 cm³/mol. The van der Waals surface area contributed by atoms with Crippen molar-refractivity contribution in [3.63, 3.8) is 0 Å². The molecule has 1 fully saturated rings. The first-order valence-corrected chi connectivity index (χ1v) is 10.5. The third-order valence-corrected chi connectivity index (χ3v) is 5.59. The standard InChI is InChI=1S/C19H19ClN6O2S/c20-15-7-4-8-16(18(15)25-9-11-28-12-10-25)21-17(27)13-29-19-22-23-24-26(19)14-5-2-1-3-6-14/h1-8H,9-13H2,(H,21,27). The minimum atomic E-state index is -0.158. The molecule has 0 radical (unpaired) electrons. The summed E-state index contributed by atoms with van der Waals surface area (Å²) in [5, 5.41) is 15.9. The number of benzene rings is 2. The van der Waals surface area contributed by atoms with E-state index in [1.807, 2.05) is 48.5 Å². The Morgan fingerprint density at radius 3 is 2.72 bits per heavy atom. The molecule has 0 aliphatic carbocycles. The van der Waals surface area contributed by atoms with Gasteiger partial charge in [0.15, 0.2) is 0 Å². The summed E-state index contributed by atoms with van der Waals surface area (Å²) in [7, 11) is 0. The number of tetrazole rings is 1. The van der Waals surface area contributed by atoms with Gasteiger partial charge < -0.3 is 15.0 Å². The number of rotatable bonds is 6. The lowest BCUT2D eigenvalue weighted by Gasteiger charge is -2.31. The highest BCUT2D eigenvalue weighted by atomic mass is 35.5. The average Bonchev–Trinajstić information content (AvgIpc) is 3.22. The maximum Gasteiger partial charge on any atom is 0.234 e. The molecular weight excluding hydrogens is 412 g/mol. The summed E-state index contributed by atoms with van der Waals surface area (Å²) in [6.45, 7) is 2.73. The quantitative estimate of drug-likeness (QED) is 0.602. The van der Waals surface area contributed by atoms with Crippen LogP contribution in [0.3, 0.4) is 0 Å². The minimum Gasteiger partial charge on any atom is -0.378 e. The van der Waals surface area contributed by atoms with E-state index in [1.165, 1.54) is 11.8 Å². The summed E-state index contributed by atoms with van der Waals surface area (Å²) < 4.78 is 7.02. The lowest BCUT2D eigenvalue weighted by molar-refractivity contribution is -0.113. The summed E-state index contributed by atoms with van der Waals surface area (Å²) in [6.07, 6.45) is 0. The van der Waals surface area contributed by atoms with Crippen LogP contribution >= 0.6 is 23.4 Å². The minimum absolute atomic E-state index is 0.158. The third kappa shape index (κ3) is 4.69. The van der Waals surface area contributed by atoms with Crippen molar-refractivity contribution >= 4 is 40.6 Å². The fourth-order valence-corrected chi connectivity index (χ4v) is 4.03. The van der Waals surface area contributed by atoms with Gasteiger partial charge in [0.1, 0.15) is 0 Å². The largest absolute Gasteiger partial charge is 0.378 e. The summed E-state index contributed by atoms with van der Waals surface area (Å²) in [6, 6.07) is 15.0. The highest BCUT2D eigenvalue weighted by Gasteiger charge is 2.19. The van der Waals surface area contributed by atoms with Crippen molar-refractivity contribution in [1.82, 2.24) is 20.2 Å². The SMILES string of the molecule is O=C(CSc1nnnn1-c1ccccc1)Nc1cccc(Cl)c1N1CCOCC1. The van der Waals surface area contributed by atoms with Gasteiger partial charge in [-0.25, -0.2) is 0 Å². The van der Waals surface area contributed by atoms with Crippen molar-refractivity contribution in [2.75, 3.05) is 42.3 Å².